The number of hydrogen-bond donors (Lipinski definition) is 2. The number of imide groups is 1. The van der Waals surface area contributed by atoms with Gasteiger partial charge in [0.1, 0.15) is 18.1 Å². The zero-order valence-electron chi connectivity index (χ0n) is 13.0. The Morgan fingerprint density at radius 3 is 2.64 bits per heavy atom. The van der Waals surface area contributed by atoms with E-state index in [1.54, 1.807) is 0 Å². The molecular weight excluding hydrogens is 312 g/mol. The molecule has 0 aliphatic carbocycles. The Labute approximate surface area is 134 Å². The highest BCUT2D eigenvalue weighted by molar-refractivity contribution is 6.27. The molecule has 0 aromatic rings. The Bertz CT molecular complexity index is 432. The van der Waals surface area contributed by atoms with E-state index in [9.17, 15) is 14.4 Å². The molecule has 8 nitrogen and oxygen atoms in total. The molecule has 2 atom stereocenters. The second kappa shape index (κ2) is 8.30. The zero-order chi connectivity index (χ0) is 16.9. The molecule has 126 valence electrons. The van der Waals surface area contributed by atoms with Crippen LogP contribution >= 0.6 is 11.6 Å². The fourth-order valence-electron chi connectivity index (χ4n) is 2.32. The lowest BCUT2D eigenvalue weighted by atomic mass is 10.1. The van der Waals surface area contributed by atoms with E-state index in [4.69, 9.17) is 22.1 Å². The summed E-state index contributed by atoms with van der Waals surface area (Å²) in [5, 5.41) is 2.24. The van der Waals surface area contributed by atoms with Gasteiger partial charge in [0.15, 0.2) is 0 Å². The van der Waals surface area contributed by atoms with Crippen LogP contribution in [-0.4, -0.2) is 72.5 Å². The first-order valence-electron chi connectivity index (χ1n) is 7.04. The Kier molecular flexibility index (Phi) is 7.05. The van der Waals surface area contributed by atoms with Crippen LogP contribution in [0.4, 0.5) is 4.79 Å². The molecule has 1 aliphatic rings. The average molecular weight is 335 g/mol. The molecule has 0 spiro atoms. The van der Waals surface area contributed by atoms with Gasteiger partial charge in [-0.25, -0.2) is 4.79 Å². The van der Waals surface area contributed by atoms with E-state index in [0.717, 1.165) is 0 Å². The third kappa shape index (κ3) is 4.31. The van der Waals surface area contributed by atoms with E-state index in [-0.39, 0.29) is 24.9 Å². The summed E-state index contributed by atoms with van der Waals surface area (Å²) in [5.74, 6) is -1.15. The molecule has 1 saturated heterocycles. The molecule has 1 heterocycles. The van der Waals surface area contributed by atoms with Crippen molar-refractivity contribution < 1.29 is 19.1 Å². The Morgan fingerprint density at radius 2 is 2.14 bits per heavy atom. The van der Waals surface area contributed by atoms with E-state index < -0.39 is 30.1 Å². The third-order valence-electron chi connectivity index (χ3n) is 3.31. The van der Waals surface area contributed by atoms with Crippen LogP contribution in [0.25, 0.3) is 0 Å². The maximum absolute atomic E-state index is 12.2. The lowest BCUT2D eigenvalue weighted by molar-refractivity contribution is -0.143. The minimum Gasteiger partial charge on any atom is -0.383 e. The highest BCUT2D eigenvalue weighted by Gasteiger charge is 2.44. The summed E-state index contributed by atoms with van der Waals surface area (Å²) >= 11 is 5.60. The number of urea groups is 1. The predicted molar refractivity (Wildman–Crippen MR) is 81.2 cm³/mol. The molecule has 0 saturated carbocycles. The number of nitrogens with zero attached hydrogens (tertiary/aromatic N) is 2. The van der Waals surface area contributed by atoms with Gasteiger partial charge in [-0.2, -0.15) is 0 Å². The first kappa shape index (κ1) is 18.7. The van der Waals surface area contributed by atoms with Gasteiger partial charge < -0.3 is 20.3 Å². The predicted octanol–water partition coefficient (Wildman–Crippen LogP) is -0.439. The van der Waals surface area contributed by atoms with Gasteiger partial charge in [-0.3, -0.25) is 14.9 Å². The fraction of sp³-hybridized carbons (Fsp3) is 0.769. The van der Waals surface area contributed by atoms with Crippen LogP contribution in [-0.2, 0) is 14.3 Å². The van der Waals surface area contributed by atoms with Gasteiger partial charge in [-0.1, -0.05) is 13.8 Å². The molecule has 1 aliphatic heterocycles. The van der Waals surface area contributed by atoms with E-state index >= 15 is 0 Å². The van der Waals surface area contributed by atoms with Gasteiger partial charge in [0, 0.05) is 20.2 Å². The van der Waals surface area contributed by atoms with Crippen LogP contribution in [0.15, 0.2) is 0 Å². The van der Waals surface area contributed by atoms with E-state index in [1.165, 1.54) is 16.9 Å². The first-order valence-corrected chi connectivity index (χ1v) is 7.58. The van der Waals surface area contributed by atoms with Gasteiger partial charge >= 0.3 is 6.03 Å². The van der Waals surface area contributed by atoms with Crippen molar-refractivity contribution in [2.45, 2.75) is 26.1 Å². The normalized spacial score (nSPS) is 22.0. The molecule has 0 bridgehead atoms. The van der Waals surface area contributed by atoms with Crippen molar-refractivity contribution in [3.8, 4) is 0 Å². The topological polar surface area (TPSA) is 105 Å². The summed E-state index contributed by atoms with van der Waals surface area (Å²) in [6.07, 6.45) is -0.923. The minimum absolute atomic E-state index is 0.164. The quantitative estimate of drug-likeness (QED) is 0.614. The van der Waals surface area contributed by atoms with Crippen LogP contribution in [0.3, 0.4) is 0 Å². The van der Waals surface area contributed by atoms with Crippen molar-refractivity contribution in [1.29, 1.82) is 0 Å². The van der Waals surface area contributed by atoms with Crippen LogP contribution in [0.5, 0.6) is 0 Å². The van der Waals surface area contributed by atoms with Gasteiger partial charge in [-0.05, 0) is 5.92 Å². The number of methoxy groups -OCH3 is 1. The summed E-state index contributed by atoms with van der Waals surface area (Å²) in [7, 11) is 1.48. The fourth-order valence-corrected chi connectivity index (χ4v) is 2.47. The number of halogens is 1. The number of rotatable bonds is 7. The summed E-state index contributed by atoms with van der Waals surface area (Å²) in [6.45, 7) is 4.63. The monoisotopic (exact) mass is 334 g/mol. The van der Waals surface area contributed by atoms with Crippen molar-refractivity contribution in [3.05, 3.63) is 0 Å². The lowest BCUT2D eigenvalue weighted by Crippen LogP contribution is -2.71. The van der Waals surface area contributed by atoms with Gasteiger partial charge in [0.2, 0.25) is 5.91 Å². The van der Waals surface area contributed by atoms with Crippen molar-refractivity contribution in [3.63, 3.8) is 0 Å². The molecule has 0 aromatic heterocycles. The van der Waals surface area contributed by atoms with Crippen LogP contribution in [0, 0.1) is 5.92 Å². The summed E-state index contributed by atoms with van der Waals surface area (Å²) < 4.78 is 4.95. The Morgan fingerprint density at radius 1 is 1.50 bits per heavy atom. The standard InChI is InChI=1S/C13H23ClN4O4/c1-8(2)7-18-11(15)10(12(20)16-13(18)21)17(4-5-22-3)9(19)6-14/h8,10-11H,4-7,15H2,1-3H3,(H,16,20,21). The molecule has 1 fully saturated rings. The molecule has 9 heteroatoms. The molecule has 0 aromatic carbocycles. The van der Waals surface area contributed by atoms with Crippen LogP contribution in [0.1, 0.15) is 13.8 Å². The molecular formula is C13H23ClN4O4. The van der Waals surface area contributed by atoms with Crippen molar-refractivity contribution in [2.75, 3.05) is 32.7 Å². The SMILES string of the molecule is COCCN(C(=O)CCl)C1C(=O)NC(=O)N(CC(C)C)C1N. The number of carbonyl (C=O) groups is 3. The van der Waals surface area contributed by atoms with Gasteiger partial charge in [0.05, 0.1) is 6.61 Å². The molecule has 22 heavy (non-hydrogen) atoms. The highest BCUT2D eigenvalue weighted by Crippen LogP contribution is 2.16. The minimum atomic E-state index is -0.988. The van der Waals surface area contributed by atoms with Crippen molar-refractivity contribution in [2.24, 2.45) is 11.7 Å². The van der Waals surface area contributed by atoms with E-state index in [1.807, 2.05) is 13.8 Å². The summed E-state index contributed by atoms with van der Waals surface area (Å²) in [6, 6.07) is -1.54. The summed E-state index contributed by atoms with van der Waals surface area (Å²) in [4.78, 5) is 38.7. The lowest BCUT2D eigenvalue weighted by Gasteiger charge is -2.43. The number of hydrogen-bond acceptors (Lipinski definition) is 5. The van der Waals surface area contributed by atoms with Gasteiger partial charge in [0.25, 0.3) is 5.91 Å². The number of nitrogens with one attached hydrogen (secondary N) is 1. The first-order chi connectivity index (χ1) is 10.3. The number of alkyl halides is 1. The van der Waals surface area contributed by atoms with Crippen molar-refractivity contribution in [1.82, 2.24) is 15.1 Å². The van der Waals surface area contributed by atoms with E-state index in [2.05, 4.69) is 5.32 Å². The number of amides is 4. The Hall–Kier alpha value is -1.38. The zero-order valence-corrected chi connectivity index (χ0v) is 13.8. The molecule has 0 radical (unpaired) electrons. The van der Waals surface area contributed by atoms with Gasteiger partial charge in [-0.15, -0.1) is 11.6 Å². The largest absolute Gasteiger partial charge is 0.383 e. The summed E-state index contributed by atoms with van der Waals surface area (Å²) in [5.41, 5.74) is 6.08. The van der Waals surface area contributed by atoms with Crippen LogP contribution in [0.2, 0.25) is 0 Å². The molecule has 3 N–H and O–H groups in total. The second-order valence-corrected chi connectivity index (χ2v) is 5.76. The maximum atomic E-state index is 12.2. The highest BCUT2D eigenvalue weighted by atomic mass is 35.5. The Balaban J connectivity index is 3.02. The number of carbonyl (C=O) groups excluding carboxylic acids is 3. The van der Waals surface area contributed by atoms with Crippen LogP contribution < -0.4 is 11.1 Å². The molecule has 4 amide bonds. The smallest absolute Gasteiger partial charge is 0.325 e. The van der Waals surface area contributed by atoms with Crippen molar-refractivity contribution >= 4 is 29.4 Å². The third-order valence-corrected chi connectivity index (χ3v) is 3.54. The number of ether oxygens (including phenoxy) is 1. The van der Waals surface area contributed by atoms with E-state index in [0.29, 0.717) is 6.54 Å². The maximum Gasteiger partial charge on any atom is 0.325 e. The average Bonchev–Trinajstić information content (AvgIpc) is 2.45. The second-order valence-electron chi connectivity index (χ2n) is 5.49. The number of nitrogens with two attached hydrogens (primary N) is 1. The molecule has 2 unspecified atom stereocenters. The molecule has 1 rings (SSSR count).